The van der Waals surface area contributed by atoms with Crippen molar-refractivity contribution in [3.63, 3.8) is 0 Å². The first-order valence-electron chi connectivity index (χ1n) is 8.04. The second-order valence-corrected chi connectivity index (χ2v) is 5.92. The van der Waals surface area contributed by atoms with Gasteiger partial charge in [0.05, 0.1) is 21.9 Å². The highest BCUT2D eigenvalue weighted by Gasteiger charge is 2.21. The zero-order valence-corrected chi connectivity index (χ0v) is 13.8. The predicted octanol–water partition coefficient (Wildman–Crippen LogP) is 1.77. The summed E-state index contributed by atoms with van der Waals surface area (Å²) in [5.74, 6) is -0.264. The fraction of sp³-hybridized carbons (Fsp3) is 0.111. The zero-order valence-electron chi connectivity index (χ0n) is 13.8. The number of amides is 1. The van der Waals surface area contributed by atoms with Crippen LogP contribution in [0.1, 0.15) is 13.0 Å². The van der Waals surface area contributed by atoms with Gasteiger partial charge in [0.2, 0.25) is 11.9 Å². The number of nitrogens with one attached hydrogen (secondary N) is 3. The minimum absolute atomic E-state index is 0.258. The highest BCUT2D eigenvalue weighted by molar-refractivity contribution is 5.93. The van der Waals surface area contributed by atoms with Crippen molar-refractivity contribution in [3.8, 4) is 0 Å². The predicted molar refractivity (Wildman–Crippen MR) is 98.3 cm³/mol. The molecule has 2 heterocycles. The molecule has 3 N–H and O–H groups in total. The van der Waals surface area contributed by atoms with Crippen molar-refractivity contribution < 1.29 is 4.79 Å². The first kappa shape index (κ1) is 15.8. The van der Waals surface area contributed by atoms with E-state index in [0.29, 0.717) is 16.4 Å². The molecule has 0 saturated heterocycles. The number of H-pyrrole nitrogens is 2. The van der Waals surface area contributed by atoms with Gasteiger partial charge in [-0.15, -0.1) is 0 Å². The standard InChI is InChI=1S/C18H15N5O3/c1-10(15(24)22-17-19-13-8-4-5-9-14(13)20-17)23-16(25)11-6-2-3-7-12(11)21-18(23)26/h2-10H,1H3,(H,21,26)(H2,19,20,22,24). The van der Waals surface area contributed by atoms with Gasteiger partial charge in [0.25, 0.3) is 5.56 Å². The Balaban J connectivity index is 1.69. The number of carbonyl (C=O) groups is 1. The van der Waals surface area contributed by atoms with Crippen LogP contribution in [0.4, 0.5) is 5.95 Å². The van der Waals surface area contributed by atoms with Crippen LogP contribution in [-0.2, 0) is 4.79 Å². The number of hydrogen-bond acceptors (Lipinski definition) is 4. The van der Waals surface area contributed by atoms with Crippen molar-refractivity contribution in [2.24, 2.45) is 0 Å². The van der Waals surface area contributed by atoms with Crippen LogP contribution >= 0.6 is 0 Å². The fourth-order valence-corrected chi connectivity index (χ4v) is 2.88. The van der Waals surface area contributed by atoms with Crippen molar-refractivity contribution in [3.05, 3.63) is 69.4 Å². The van der Waals surface area contributed by atoms with Crippen molar-refractivity contribution in [1.82, 2.24) is 19.5 Å². The van der Waals surface area contributed by atoms with E-state index in [1.54, 1.807) is 24.3 Å². The molecule has 0 aliphatic rings. The van der Waals surface area contributed by atoms with Gasteiger partial charge in [-0.05, 0) is 31.2 Å². The van der Waals surface area contributed by atoms with Gasteiger partial charge >= 0.3 is 5.69 Å². The summed E-state index contributed by atoms with van der Waals surface area (Å²) < 4.78 is 0.903. The lowest BCUT2D eigenvalue weighted by Crippen LogP contribution is -2.41. The van der Waals surface area contributed by atoms with Crippen molar-refractivity contribution in [2.75, 3.05) is 5.32 Å². The number of imidazole rings is 1. The summed E-state index contributed by atoms with van der Waals surface area (Å²) in [6.07, 6.45) is 0. The topological polar surface area (TPSA) is 113 Å². The second kappa shape index (κ2) is 5.99. The average molecular weight is 349 g/mol. The van der Waals surface area contributed by atoms with Gasteiger partial charge in [-0.1, -0.05) is 24.3 Å². The van der Waals surface area contributed by atoms with Gasteiger partial charge in [-0.25, -0.2) is 14.3 Å². The molecule has 0 bridgehead atoms. The molecule has 1 atom stereocenters. The summed E-state index contributed by atoms with van der Waals surface area (Å²) in [6.45, 7) is 1.49. The highest BCUT2D eigenvalue weighted by atomic mass is 16.2. The Labute approximate surface area is 146 Å². The van der Waals surface area contributed by atoms with Crippen LogP contribution in [0, 0.1) is 0 Å². The lowest BCUT2D eigenvalue weighted by atomic mass is 10.2. The molecule has 1 unspecified atom stereocenters. The summed E-state index contributed by atoms with van der Waals surface area (Å²) in [4.78, 5) is 47.3. The number of hydrogen-bond donors (Lipinski definition) is 3. The maximum atomic E-state index is 12.6. The Morgan fingerprint density at radius 2 is 1.73 bits per heavy atom. The van der Waals surface area contributed by atoms with Crippen LogP contribution in [0.5, 0.6) is 0 Å². The maximum Gasteiger partial charge on any atom is 0.329 e. The number of para-hydroxylation sites is 3. The maximum absolute atomic E-state index is 12.6. The van der Waals surface area contributed by atoms with Gasteiger partial charge in [0, 0.05) is 0 Å². The molecule has 4 rings (SSSR count). The summed E-state index contributed by atoms with van der Waals surface area (Å²) in [6, 6.07) is 13.0. The van der Waals surface area contributed by atoms with E-state index in [9.17, 15) is 14.4 Å². The number of nitrogens with zero attached hydrogens (tertiary/aromatic N) is 2. The van der Waals surface area contributed by atoms with E-state index >= 15 is 0 Å². The summed E-state index contributed by atoms with van der Waals surface area (Å²) in [5.41, 5.74) is 0.758. The molecule has 8 nitrogen and oxygen atoms in total. The minimum Gasteiger partial charge on any atom is -0.324 e. The molecule has 0 saturated carbocycles. The number of carbonyl (C=O) groups excluding carboxylic acids is 1. The zero-order chi connectivity index (χ0) is 18.3. The van der Waals surface area contributed by atoms with E-state index in [1.165, 1.54) is 6.92 Å². The van der Waals surface area contributed by atoms with E-state index in [4.69, 9.17) is 0 Å². The lowest BCUT2D eigenvalue weighted by molar-refractivity contribution is -0.119. The molecule has 2 aromatic carbocycles. The summed E-state index contributed by atoms with van der Waals surface area (Å²) in [5, 5.41) is 2.96. The number of anilines is 1. The average Bonchev–Trinajstić information content (AvgIpc) is 3.03. The first-order valence-corrected chi connectivity index (χ1v) is 8.04. The summed E-state index contributed by atoms with van der Waals surface area (Å²) in [7, 11) is 0. The molecular formula is C18H15N5O3. The Morgan fingerprint density at radius 1 is 1.04 bits per heavy atom. The van der Waals surface area contributed by atoms with Gasteiger partial charge in [0.1, 0.15) is 6.04 Å². The smallest absolute Gasteiger partial charge is 0.324 e. The van der Waals surface area contributed by atoms with Crippen LogP contribution in [-0.4, -0.2) is 25.4 Å². The number of aromatic amines is 2. The Morgan fingerprint density at radius 3 is 2.50 bits per heavy atom. The fourth-order valence-electron chi connectivity index (χ4n) is 2.88. The van der Waals surface area contributed by atoms with E-state index in [-0.39, 0.29) is 5.95 Å². The van der Waals surface area contributed by atoms with E-state index in [0.717, 1.165) is 10.1 Å². The second-order valence-electron chi connectivity index (χ2n) is 5.92. The van der Waals surface area contributed by atoms with E-state index < -0.39 is 23.2 Å². The Kier molecular flexibility index (Phi) is 3.65. The minimum atomic E-state index is -1.01. The number of aromatic nitrogens is 4. The molecule has 130 valence electrons. The monoisotopic (exact) mass is 349 g/mol. The van der Waals surface area contributed by atoms with Gasteiger partial charge in [-0.2, -0.15) is 0 Å². The third-order valence-electron chi connectivity index (χ3n) is 4.23. The van der Waals surface area contributed by atoms with Crippen LogP contribution in [0.25, 0.3) is 21.9 Å². The van der Waals surface area contributed by atoms with Crippen molar-refractivity contribution in [1.29, 1.82) is 0 Å². The van der Waals surface area contributed by atoms with Gasteiger partial charge < -0.3 is 9.97 Å². The largest absolute Gasteiger partial charge is 0.329 e. The number of fused-ring (bicyclic) bond motifs is 2. The molecule has 0 spiro atoms. The van der Waals surface area contributed by atoms with E-state index in [2.05, 4.69) is 20.3 Å². The van der Waals surface area contributed by atoms with Gasteiger partial charge in [0.15, 0.2) is 0 Å². The van der Waals surface area contributed by atoms with E-state index in [1.807, 2.05) is 24.3 Å². The molecule has 0 fully saturated rings. The summed E-state index contributed by atoms with van der Waals surface area (Å²) >= 11 is 0. The molecule has 0 aliphatic carbocycles. The van der Waals surface area contributed by atoms with Crippen LogP contribution in [0.3, 0.4) is 0 Å². The molecular weight excluding hydrogens is 334 g/mol. The normalized spacial score (nSPS) is 12.3. The third kappa shape index (κ3) is 2.57. The third-order valence-corrected chi connectivity index (χ3v) is 4.23. The molecule has 1 amide bonds. The SMILES string of the molecule is CC(C(=O)Nc1nc2ccccc2[nH]1)n1c(=O)[nH]c2ccccc2c1=O. The molecule has 2 aromatic heterocycles. The highest BCUT2D eigenvalue weighted by Crippen LogP contribution is 2.14. The molecule has 0 aliphatic heterocycles. The first-order chi connectivity index (χ1) is 12.5. The van der Waals surface area contributed by atoms with Crippen molar-refractivity contribution in [2.45, 2.75) is 13.0 Å². The van der Waals surface area contributed by atoms with Crippen LogP contribution < -0.4 is 16.6 Å². The Bertz CT molecular complexity index is 1220. The lowest BCUT2D eigenvalue weighted by Gasteiger charge is -2.13. The van der Waals surface area contributed by atoms with Crippen LogP contribution in [0.2, 0.25) is 0 Å². The molecule has 26 heavy (non-hydrogen) atoms. The van der Waals surface area contributed by atoms with Gasteiger partial charge in [-0.3, -0.25) is 14.9 Å². The Hall–Kier alpha value is -3.68. The quantitative estimate of drug-likeness (QED) is 0.523. The van der Waals surface area contributed by atoms with Crippen molar-refractivity contribution >= 4 is 33.8 Å². The molecule has 0 radical (unpaired) electrons. The molecule has 4 aromatic rings. The number of benzene rings is 2. The number of rotatable bonds is 3. The molecule has 8 heteroatoms. The van der Waals surface area contributed by atoms with Crippen LogP contribution in [0.15, 0.2) is 58.1 Å².